The molecule has 3 aromatic heterocycles. The Morgan fingerprint density at radius 3 is 2.88 bits per heavy atom. The summed E-state index contributed by atoms with van der Waals surface area (Å²) in [6, 6.07) is 4.01. The lowest BCUT2D eigenvalue weighted by atomic mass is 10.3. The van der Waals surface area contributed by atoms with Crippen LogP contribution < -0.4 is 5.32 Å². The molecule has 0 aromatic carbocycles. The number of hydrogen-bond acceptors (Lipinski definition) is 4. The third-order valence-electron chi connectivity index (χ3n) is 2.50. The Labute approximate surface area is 97.9 Å². The van der Waals surface area contributed by atoms with Gasteiger partial charge in [-0.2, -0.15) is 14.7 Å². The molecule has 6 heteroatoms. The Hall–Kier alpha value is -2.37. The van der Waals surface area contributed by atoms with Crippen LogP contribution in [0, 0.1) is 6.92 Å². The fourth-order valence-electron chi connectivity index (χ4n) is 1.78. The van der Waals surface area contributed by atoms with Crippen molar-refractivity contribution in [2.45, 2.75) is 6.92 Å². The molecule has 0 radical (unpaired) electrons. The molecule has 86 valence electrons. The van der Waals surface area contributed by atoms with E-state index in [9.17, 15) is 0 Å². The van der Waals surface area contributed by atoms with Crippen molar-refractivity contribution in [1.82, 2.24) is 24.4 Å². The molecule has 0 saturated carbocycles. The van der Waals surface area contributed by atoms with Crippen molar-refractivity contribution in [3.8, 4) is 0 Å². The maximum atomic E-state index is 4.18. The molecular weight excluding hydrogens is 216 g/mol. The average molecular weight is 228 g/mol. The van der Waals surface area contributed by atoms with Gasteiger partial charge in [0.15, 0.2) is 5.65 Å². The minimum Gasteiger partial charge on any atom is -0.338 e. The molecule has 1 N–H and O–H groups in total. The second kappa shape index (κ2) is 3.58. The van der Waals surface area contributed by atoms with Crippen LogP contribution in [-0.2, 0) is 7.05 Å². The van der Waals surface area contributed by atoms with E-state index >= 15 is 0 Å². The molecule has 3 aromatic rings. The maximum absolute atomic E-state index is 4.18. The zero-order valence-corrected chi connectivity index (χ0v) is 9.62. The summed E-state index contributed by atoms with van der Waals surface area (Å²) < 4.78 is 3.51. The summed E-state index contributed by atoms with van der Waals surface area (Å²) in [5.74, 6) is 0.880. The third-order valence-corrected chi connectivity index (χ3v) is 2.50. The summed E-state index contributed by atoms with van der Waals surface area (Å²) in [6.07, 6.45) is 5.22. The van der Waals surface area contributed by atoms with E-state index in [4.69, 9.17) is 0 Å². The number of nitrogens with zero attached hydrogens (tertiary/aromatic N) is 5. The van der Waals surface area contributed by atoms with Gasteiger partial charge in [-0.25, -0.2) is 4.98 Å². The highest BCUT2D eigenvalue weighted by Gasteiger charge is 2.05. The lowest BCUT2D eigenvalue weighted by molar-refractivity contribution is 0.768. The summed E-state index contributed by atoms with van der Waals surface area (Å²) in [6.45, 7) is 2.03. The van der Waals surface area contributed by atoms with Crippen molar-refractivity contribution < 1.29 is 0 Å². The predicted octanol–water partition coefficient (Wildman–Crippen LogP) is 1.51. The number of anilines is 2. The molecule has 0 aliphatic heterocycles. The van der Waals surface area contributed by atoms with E-state index in [2.05, 4.69) is 20.5 Å². The SMILES string of the molecule is Cc1cc(Nc2cnn(C)c2)n2ncnc2c1. The van der Waals surface area contributed by atoms with E-state index in [1.807, 2.05) is 32.3 Å². The molecule has 0 unspecified atom stereocenters. The predicted molar refractivity (Wildman–Crippen MR) is 64.2 cm³/mol. The third kappa shape index (κ3) is 1.73. The standard InChI is InChI=1S/C11H12N6/c1-8-3-10-12-7-14-17(10)11(4-8)15-9-5-13-16(2)6-9/h3-7,15H,1-2H3. The number of aryl methyl sites for hydroxylation is 2. The van der Waals surface area contributed by atoms with Gasteiger partial charge in [-0.15, -0.1) is 0 Å². The van der Waals surface area contributed by atoms with Gasteiger partial charge in [0.25, 0.3) is 0 Å². The first-order valence-corrected chi connectivity index (χ1v) is 5.28. The number of hydrogen-bond donors (Lipinski definition) is 1. The quantitative estimate of drug-likeness (QED) is 0.722. The molecule has 0 spiro atoms. The van der Waals surface area contributed by atoms with E-state index < -0.39 is 0 Å². The van der Waals surface area contributed by atoms with E-state index in [0.29, 0.717) is 0 Å². The number of pyridine rings is 1. The van der Waals surface area contributed by atoms with Crippen LogP contribution in [0.5, 0.6) is 0 Å². The van der Waals surface area contributed by atoms with Gasteiger partial charge in [0.1, 0.15) is 12.1 Å². The Morgan fingerprint density at radius 2 is 2.12 bits per heavy atom. The maximum Gasteiger partial charge on any atom is 0.157 e. The fourth-order valence-corrected chi connectivity index (χ4v) is 1.78. The zero-order chi connectivity index (χ0) is 11.8. The molecule has 0 saturated heterocycles. The molecule has 0 aliphatic rings. The van der Waals surface area contributed by atoms with Gasteiger partial charge in [-0.1, -0.05) is 0 Å². The summed E-state index contributed by atoms with van der Waals surface area (Å²) >= 11 is 0. The summed E-state index contributed by atoms with van der Waals surface area (Å²) in [4.78, 5) is 4.18. The fraction of sp³-hybridized carbons (Fsp3) is 0.182. The van der Waals surface area contributed by atoms with E-state index in [-0.39, 0.29) is 0 Å². The molecule has 0 fully saturated rings. The summed E-state index contributed by atoms with van der Waals surface area (Å²) in [5, 5.41) is 11.6. The lowest BCUT2D eigenvalue weighted by Gasteiger charge is -2.06. The molecule has 0 amide bonds. The largest absolute Gasteiger partial charge is 0.338 e. The van der Waals surface area contributed by atoms with Crippen molar-refractivity contribution in [2.24, 2.45) is 7.05 Å². The van der Waals surface area contributed by atoms with Crippen LogP contribution in [0.4, 0.5) is 11.5 Å². The summed E-state index contributed by atoms with van der Waals surface area (Å²) in [7, 11) is 1.88. The first-order valence-electron chi connectivity index (χ1n) is 5.28. The van der Waals surface area contributed by atoms with E-state index in [1.165, 1.54) is 0 Å². The smallest absolute Gasteiger partial charge is 0.157 e. The molecule has 6 nitrogen and oxygen atoms in total. The van der Waals surface area contributed by atoms with Gasteiger partial charge in [0, 0.05) is 13.2 Å². The number of aromatic nitrogens is 5. The van der Waals surface area contributed by atoms with Crippen LogP contribution in [0.3, 0.4) is 0 Å². The minimum atomic E-state index is 0.830. The molecule has 3 rings (SSSR count). The van der Waals surface area contributed by atoms with Gasteiger partial charge in [0.05, 0.1) is 11.9 Å². The highest BCUT2D eigenvalue weighted by atomic mass is 15.3. The summed E-state index contributed by atoms with van der Waals surface area (Å²) in [5.41, 5.74) is 2.89. The first-order chi connectivity index (χ1) is 8.22. The molecule has 0 atom stereocenters. The van der Waals surface area contributed by atoms with E-state index in [1.54, 1.807) is 21.7 Å². The van der Waals surface area contributed by atoms with Gasteiger partial charge in [-0.05, 0) is 24.6 Å². The van der Waals surface area contributed by atoms with Crippen molar-refractivity contribution >= 4 is 17.2 Å². The van der Waals surface area contributed by atoms with Crippen LogP contribution >= 0.6 is 0 Å². The number of fused-ring (bicyclic) bond motifs is 1. The Bertz CT molecular complexity index is 665. The van der Waals surface area contributed by atoms with Crippen LogP contribution in [0.15, 0.2) is 30.9 Å². The second-order valence-electron chi connectivity index (χ2n) is 3.98. The van der Waals surface area contributed by atoms with Crippen LogP contribution in [0.1, 0.15) is 5.56 Å². The second-order valence-corrected chi connectivity index (χ2v) is 3.98. The van der Waals surface area contributed by atoms with Gasteiger partial charge in [-0.3, -0.25) is 4.68 Å². The van der Waals surface area contributed by atoms with Crippen LogP contribution in [-0.4, -0.2) is 24.4 Å². The van der Waals surface area contributed by atoms with Crippen LogP contribution in [0.25, 0.3) is 5.65 Å². The molecule has 0 bridgehead atoms. The molecule has 17 heavy (non-hydrogen) atoms. The van der Waals surface area contributed by atoms with Gasteiger partial charge >= 0.3 is 0 Å². The first kappa shape index (κ1) is 9.83. The molecular formula is C11H12N6. The average Bonchev–Trinajstić information content (AvgIpc) is 2.87. The van der Waals surface area contributed by atoms with Crippen molar-refractivity contribution in [3.05, 3.63) is 36.4 Å². The lowest BCUT2D eigenvalue weighted by Crippen LogP contribution is -1.99. The Morgan fingerprint density at radius 1 is 1.24 bits per heavy atom. The van der Waals surface area contributed by atoms with Crippen molar-refractivity contribution in [1.29, 1.82) is 0 Å². The number of nitrogens with one attached hydrogen (secondary N) is 1. The number of rotatable bonds is 2. The zero-order valence-electron chi connectivity index (χ0n) is 9.62. The topological polar surface area (TPSA) is 60.0 Å². The minimum absolute atomic E-state index is 0.830. The normalized spacial score (nSPS) is 10.9. The van der Waals surface area contributed by atoms with E-state index in [0.717, 1.165) is 22.7 Å². The molecule has 0 aliphatic carbocycles. The van der Waals surface area contributed by atoms with Crippen molar-refractivity contribution in [2.75, 3.05) is 5.32 Å². The highest BCUT2D eigenvalue weighted by Crippen LogP contribution is 2.18. The van der Waals surface area contributed by atoms with Crippen molar-refractivity contribution in [3.63, 3.8) is 0 Å². The van der Waals surface area contributed by atoms with Gasteiger partial charge in [0.2, 0.25) is 0 Å². The molecule has 3 heterocycles. The Kier molecular flexibility index (Phi) is 2.07. The van der Waals surface area contributed by atoms with Gasteiger partial charge < -0.3 is 5.32 Å². The van der Waals surface area contributed by atoms with Crippen LogP contribution in [0.2, 0.25) is 0 Å². The monoisotopic (exact) mass is 228 g/mol. The highest BCUT2D eigenvalue weighted by molar-refractivity contribution is 5.59. The Balaban J connectivity index is 2.07.